The highest BCUT2D eigenvalue weighted by Gasteiger charge is 2.10. The van der Waals surface area contributed by atoms with Gasteiger partial charge in [-0.2, -0.15) is 0 Å². The van der Waals surface area contributed by atoms with Gasteiger partial charge in [0.25, 0.3) is 5.91 Å². The zero-order valence-corrected chi connectivity index (χ0v) is 10.1. The highest BCUT2D eigenvalue weighted by Crippen LogP contribution is 2.08. The lowest BCUT2D eigenvalue weighted by Crippen LogP contribution is -2.29. The summed E-state index contributed by atoms with van der Waals surface area (Å²) in [5.74, 6) is -0.133. The summed E-state index contributed by atoms with van der Waals surface area (Å²) in [4.78, 5) is 13.1. The van der Waals surface area contributed by atoms with Gasteiger partial charge in [0.1, 0.15) is 0 Å². The molecule has 0 aliphatic heterocycles. The molecular weight excluding hydrogens is 204 g/mol. The summed E-state index contributed by atoms with van der Waals surface area (Å²) in [5, 5.41) is 8.67. The molecule has 1 amide bonds. The average Bonchev–Trinajstić information content (AvgIpc) is 2.31. The summed E-state index contributed by atoms with van der Waals surface area (Å²) in [6.07, 6.45) is 0. The van der Waals surface area contributed by atoms with Crippen LogP contribution in [0.3, 0.4) is 0 Å². The Kier molecular flexibility index (Phi) is 6.96. The molecule has 0 aliphatic carbocycles. The van der Waals surface area contributed by atoms with E-state index in [2.05, 4.69) is 0 Å². The van der Waals surface area contributed by atoms with Crippen molar-refractivity contribution in [2.75, 3.05) is 25.9 Å². The first-order valence-electron chi connectivity index (χ1n) is 5.37. The lowest BCUT2D eigenvalue weighted by Gasteiger charge is -2.15. The number of carbonyl (C=O) groups is 1. The molecule has 0 aromatic heterocycles. The van der Waals surface area contributed by atoms with Crippen LogP contribution in [0.4, 0.5) is 5.69 Å². The normalized spacial score (nSPS) is 9.00. The summed E-state index contributed by atoms with van der Waals surface area (Å²) in [6, 6.07) is 6.78. The number of amides is 1. The maximum absolute atomic E-state index is 11.6. The lowest BCUT2D eigenvalue weighted by molar-refractivity contribution is 0.0767. The summed E-state index contributed by atoms with van der Waals surface area (Å²) in [7, 11) is 1.64. The Bertz CT molecular complexity index is 327. The average molecular weight is 224 g/mol. The Hall–Kier alpha value is -1.55. The van der Waals surface area contributed by atoms with E-state index >= 15 is 0 Å². The Morgan fingerprint density at radius 3 is 2.56 bits per heavy atom. The number of anilines is 1. The molecule has 0 saturated carbocycles. The van der Waals surface area contributed by atoms with Crippen LogP contribution in [-0.4, -0.2) is 36.1 Å². The molecule has 0 atom stereocenters. The molecule has 90 valence electrons. The second kappa shape index (κ2) is 7.70. The summed E-state index contributed by atoms with van der Waals surface area (Å²) >= 11 is 0. The van der Waals surface area contributed by atoms with E-state index < -0.39 is 0 Å². The molecule has 0 radical (unpaired) electrons. The van der Waals surface area contributed by atoms with Crippen molar-refractivity contribution in [2.45, 2.75) is 13.8 Å². The molecule has 0 unspecified atom stereocenters. The maximum atomic E-state index is 11.6. The second-order valence-corrected chi connectivity index (χ2v) is 3.08. The number of aliphatic hydroxyl groups is 1. The number of aliphatic hydroxyl groups excluding tert-OH is 1. The number of benzene rings is 1. The van der Waals surface area contributed by atoms with Crippen molar-refractivity contribution in [1.29, 1.82) is 0 Å². The van der Waals surface area contributed by atoms with Gasteiger partial charge in [-0.25, -0.2) is 0 Å². The number of nitrogen functional groups attached to an aromatic ring is 1. The van der Waals surface area contributed by atoms with E-state index in [1.54, 1.807) is 31.3 Å². The predicted molar refractivity (Wildman–Crippen MR) is 66.2 cm³/mol. The van der Waals surface area contributed by atoms with E-state index in [4.69, 9.17) is 10.8 Å². The molecule has 0 spiro atoms. The third-order valence-electron chi connectivity index (χ3n) is 1.92. The van der Waals surface area contributed by atoms with Crippen molar-refractivity contribution in [1.82, 2.24) is 4.90 Å². The minimum Gasteiger partial charge on any atom is -0.399 e. The molecule has 1 rings (SSSR count). The number of nitrogens with zero attached hydrogens (tertiary/aromatic N) is 1. The van der Waals surface area contributed by atoms with Crippen LogP contribution in [-0.2, 0) is 0 Å². The van der Waals surface area contributed by atoms with E-state index in [0.717, 1.165) is 0 Å². The molecule has 0 aliphatic rings. The molecule has 4 heteroatoms. The van der Waals surface area contributed by atoms with Gasteiger partial charge >= 0.3 is 0 Å². The first-order chi connectivity index (χ1) is 7.65. The fourth-order valence-corrected chi connectivity index (χ4v) is 1.14. The topological polar surface area (TPSA) is 66.6 Å². The Balaban J connectivity index is 0.00000106. The minimum atomic E-state index is -0.133. The lowest BCUT2D eigenvalue weighted by atomic mass is 10.2. The number of nitrogens with two attached hydrogens (primary N) is 1. The van der Waals surface area contributed by atoms with Crippen LogP contribution < -0.4 is 5.73 Å². The molecule has 0 bridgehead atoms. The Morgan fingerprint density at radius 1 is 1.44 bits per heavy atom. The fourth-order valence-electron chi connectivity index (χ4n) is 1.14. The molecule has 16 heavy (non-hydrogen) atoms. The van der Waals surface area contributed by atoms with Crippen LogP contribution >= 0.6 is 0 Å². The highest BCUT2D eigenvalue weighted by atomic mass is 16.3. The molecule has 1 aromatic carbocycles. The van der Waals surface area contributed by atoms with Gasteiger partial charge in [-0.05, 0) is 18.2 Å². The molecule has 4 nitrogen and oxygen atoms in total. The predicted octanol–water partition coefficient (Wildman–Crippen LogP) is 1.36. The monoisotopic (exact) mass is 224 g/mol. The van der Waals surface area contributed by atoms with E-state index in [1.807, 2.05) is 13.8 Å². The van der Waals surface area contributed by atoms with Gasteiger partial charge < -0.3 is 15.7 Å². The third kappa shape index (κ3) is 4.31. The van der Waals surface area contributed by atoms with Crippen LogP contribution in [0.5, 0.6) is 0 Å². The quantitative estimate of drug-likeness (QED) is 0.762. The van der Waals surface area contributed by atoms with Crippen LogP contribution in [0.25, 0.3) is 0 Å². The fraction of sp³-hybridized carbons (Fsp3) is 0.417. The Morgan fingerprint density at radius 2 is 2.06 bits per heavy atom. The van der Waals surface area contributed by atoms with Crippen molar-refractivity contribution in [3.05, 3.63) is 29.8 Å². The van der Waals surface area contributed by atoms with Gasteiger partial charge in [0.05, 0.1) is 6.61 Å². The van der Waals surface area contributed by atoms with E-state index in [9.17, 15) is 4.79 Å². The first kappa shape index (κ1) is 14.5. The zero-order valence-electron chi connectivity index (χ0n) is 10.1. The molecule has 1 aromatic rings. The van der Waals surface area contributed by atoms with Gasteiger partial charge in [-0.1, -0.05) is 19.9 Å². The van der Waals surface area contributed by atoms with Crippen LogP contribution in [0.15, 0.2) is 24.3 Å². The van der Waals surface area contributed by atoms with Gasteiger partial charge in [0.15, 0.2) is 0 Å². The largest absolute Gasteiger partial charge is 0.399 e. The van der Waals surface area contributed by atoms with E-state index in [1.165, 1.54) is 4.90 Å². The van der Waals surface area contributed by atoms with Gasteiger partial charge in [0, 0.05) is 24.8 Å². The standard InChI is InChI=1S/C10H14N2O2.C2H6/c1-12(5-6-13)10(14)8-3-2-4-9(11)7-8;1-2/h2-4,7,13H,5-6,11H2,1H3;1-2H3. The highest BCUT2D eigenvalue weighted by molar-refractivity contribution is 5.94. The van der Waals surface area contributed by atoms with Crippen LogP contribution in [0, 0.1) is 0 Å². The minimum absolute atomic E-state index is 0.0371. The Labute approximate surface area is 96.7 Å². The second-order valence-electron chi connectivity index (χ2n) is 3.08. The number of hydrogen-bond donors (Lipinski definition) is 2. The van der Waals surface area contributed by atoms with Crippen molar-refractivity contribution >= 4 is 11.6 Å². The van der Waals surface area contributed by atoms with E-state index in [-0.39, 0.29) is 12.5 Å². The zero-order chi connectivity index (χ0) is 12.6. The number of carbonyl (C=O) groups excluding carboxylic acids is 1. The van der Waals surface area contributed by atoms with Crippen molar-refractivity contribution in [3.63, 3.8) is 0 Å². The maximum Gasteiger partial charge on any atom is 0.253 e. The molecule has 0 heterocycles. The number of likely N-dealkylation sites (N-methyl/N-ethyl adjacent to an activating group) is 1. The molecule has 0 fully saturated rings. The third-order valence-corrected chi connectivity index (χ3v) is 1.92. The number of hydrogen-bond acceptors (Lipinski definition) is 3. The first-order valence-corrected chi connectivity index (χ1v) is 5.37. The van der Waals surface area contributed by atoms with Gasteiger partial charge in [-0.15, -0.1) is 0 Å². The molecule has 0 saturated heterocycles. The summed E-state index contributed by atoms with van der Waals surface area (Å²) < 4.78 is 0. The van der Waals surface area contributed by atoms with Crippen LogP contribution in [0.2, 0.25) is 0 Å². The number of rotatable bonds is 3. The smallest absolute Gasteiger partial charge is 0.253 e. The van der Waals surface area contributed by atoms with E-state index in [0.29, 0.717) is 17.8 Å². The SMILES string of the molecule is CC.CN(CCO)C(=O)c1cccc(N)c1. The molecule has 3 N–H and O–H groups in total. The van der Waals surface area contributed by atoms with Crippen molar-refractivity contribution in [2.24, 2.45) is 0 Å². The van der Waals surface area contributed by atoms with Gasteiger partial charge in [0.2, 0.25) is 0 Å². The van der Waals surface area contributed by atoms with Crippen molar-refractivity contribution < 1.29 is 9.90 Å². The van der Waals surface area contributed by atoms with Gasteiger partial charge in [-0.3, -0.25) is 4.79 Å². The summed E-state index contributed by atoms with van der Waals surface area (Å²) in [5.41, 5.74) is 6.66. The summed E-state index contributed by atoms with van der Waals surface area (Å²) in [6.45, 7) is 4.29. The molecular formula is C12H20N2O2. The van der Waals surface area contributed by atoms with Crippen LogP contribution in [0.1, 0.15) is 24.2 Å². The van der Waals surface area contributed by atoms with Crippen molar-refractivity contribution in [3.8, 4) is 0 Å².